The number of nitrogens with zero attached hydrogens (tertiary/aromatic N) is 2. The minimum atomic E-state index is -0.338. The summed E-state index contributed by atoms with van der Waals surface area (Å²) < 4.78 is 0. The van der Waals surface area contributed by atoms with Crippen LogP contribution in [0.1, 0.15) is 48.9 Å². The van der Waals surface area contributed by atoms with E-state index in [-0.39, 0.29) is 17.9 Å². The molecule has 0 saturated carbocycles. The van der Waals surface area contributed by atoms with Crippen molar-refractivity contribution in [2.75, 3.05) is 24.5 Å². The Hall–Kier alpha value is -3.37. The fourth-order valence-corrected chi connectivity index (χ4v) is 5.56. The van der Waals surface area contributed by atoms with E-state index in [0.717, 1.165) is 65.9 Å². The molecule has 0 unspecified atom stereocenters. The summed E-state index contributed by atoms with van der Waals surface area (Å²) in [4.78, 5) is 22.7. The molecule has 1 aliphatic rings. The quantitative estimate of drug-likeness (QED) is 0.338. The number of rotatable bonds is 7. The molecule has 2 heterocycles. The summed E-state index contributed by atoms with van der Waals surface area (Å²) in [6.07, 6.45) is 3.15. The topological polar surface area (TPSA) is 39.3 Å². The summed E-state index contributed by atoms with van der Waals surface area (Å²) in [5.74, 6) is -0.183. The molecule has 1 aromatic heterocycles. The maximum atomic E-state index is 14.6. The molecule has 35 heavy (non-hydrogen) atoms. The Morgan fingerprint density at radius 3 is 2.17 bits per heavy atom. The second-order valence-electron chi connectivity index (χ2n) is 9.76. The molecule has 3 aromatic carbocycles. The van der Waals surface area contributed by atoms with Crippen molar-refractivity contribution < 1.29 is 4.79 Å². The zero-order valence-corrected chi connectivity index (χ0v) is 20.8. The summed E-state index contributed by atoms with van der Waals surface area (Å²) in [7, 11) is 0. The van der Waals surface area contributed by atoms with Crippen molar-refractivity contribution in [3.05, 3.63) is 102 Å². The number of hydrogen-bond donors (Lipinski definition) is 1. The first-order valence-corrected chi connectivity index (χ1v) is 12.9. The van der Waals surface area contributed by atoms with Crippen molar-refractivity contribution in [2.24, 2.45) is 0 Å². The van der Waals surface area contributed by atoms with Gasteiger partial charge in [0.2, 0.25) is 5.91 Å². The van der Waals surface area contributed by atoms with Crippen LogP contribution in [0.2, 0.25) is 0 Å². The van der Waals surface area contributed by atoms with E-state index < -0.39 is 0 Å². The van der Waals surface area contributed by atoms with Gasteiger partial charge < -0.3 is 14.8 Å². The van der Waals surface area contributed by atoms with Crippen molar-refractivity contribution >= 4 is 22.5 Å². The average Bonchev–Trinajstić information content (AvgIpc) is 3.26. The maximum absolute atomic E-state index is 14.6. The van der Waals surface area contributed by atoms with Gasteiger partial charge in [-0.2, -0.15) is 0 Å². The van der Waals surface area contributed by atoms with Crippen molar-refractivity contribution in [1.82, 2.24) is 9.88 Å². The van der Waals surface area contributed by atoms with Gasteiger partial charge in [0.15, 0.2) is 0 Å². The zero-order chi connectivity index (χ0) is 24.2. The lowest BCUT2D eigenvalue weighted by Crippen LogP contribution is -2.49. The molecule has 1 aliphatic heterocycles. The Balaban J connectivity index is 1.57. The summed E-state index contributed by atoms with van der Waals surface area (Å²) in [5.41, 5.74) is 5.31. The lowest BCUT2D eigenvalue weighted by Gasteiger charge is -2.40. The van der Waals surface area contributed by atoms with E-state index in [2.05, 4.69) is 77.2 Å². The average molecular weight is 466 g/mol. The van der Waals surface area contributed by atoms with Gasteiger partial charge in [0, 0.05) is 41.4 Å². The fraction of sp³-hybridized carbons (Fsp3) is 0.323. The van der Waals surface area contributed by atoms with Gasteiger partial charge in [-0.15, -0.1) is 0 Å². The smallest absolute Gasteiger partial charge is 0.239 e. The number of fused-ring (bicyclic) bond motifs is 1. The van der Waals surface area contributed by atoms with Gasteiger partial charge in [0.05, 0.1) is 5.92 Å². The number of aromatic amines is 1. The first-order valence-electron chi connectivity index (χ1n) is 12.9. The van der Waals surface area contributed by atoms with Crippen LogP contribution in [-0.4, -0.2) is 41.5 Å². The molecule has 0 bridgehead atoms. The summed E-state index contributed by atoms with van der Waals surface area (Å²) in [6.45, 7) is 7.52. The number of carbonyl (C=O) groups is 1. The number of aryl methyl sites for hydroxylation is 1. The van der Waals surface area contributed by atoms with E-state index in [0.29, 0.717) is 0 Å². The van der Waals surface area contributed by atoms with Gasteiger partial charge in [-0.05, 0) is 68.1 Å². The zero-order valence-electron chi connectivity index (χ0n) is 20.8. The Kier molecular flexibility index (Phi) is 7.01. The molecule has 1 fully saturated rings. The van der Waals surface area contributed by atoms with Gasteiger partial charge in [-0.1, -0.05) is 67.6 Å². The largest absolute Gasteiger partial charge is 0.359 e. The van der Waals surface area contributed by atoms with Crippen LogP contribution >= 0.6 is 0 Å². The number of nitrogens with one attached hydrogen (secondary N) is 1. The summed E-state index contributed by atoms with van der Waals surface area (Å²) in [5, 5.41) is 1.15. The number of benzene rings is 3. The number of carbonyl (C=O) groups excluding carboxylic acids is 1. The molecular formula is C31H35N3O. The molecule has 1 N–H and O–H groups in total. The van der Waals surface area contributed by atoms with E-state index in [1.165, 1.54) is 6.42 Å². The molecule has 0 spiro atoms. The normalized spacial score (nSPS) is 15.1. The molecule has 0 atom stereocenters. The molecule has 4 aromatic rings. The Bertz CT molecular complexity index is 1220. The summed E-state index contributed by atoms with van der Waals surface area (Å²) in [6, 6.07) is 29.2. The number of anilines is 1. The van der Waals surface area contributed by atoms with Gasteiger partial charge in [0.25, 0.3) is 0 Å². The van der Waals surface area contributed by atoms with Crippen LogP contribution in [0.5, 0.6) is 0 Å². The number of likely N-dealkylation sites (tertiary alicyclic amines) is 1. The first-order chi connectivity index (χ1) is 17.1. The Morgan fingerprint density at radius 2 is 1.57 bits per heavy atom. The van der Waals surface area contributed by atoms with Crippen LogP contribution in [0.25, 0.3) is 10.9 Å². The van der Waals surface area contributed by atoms with Gasteiger partial charge >= 0.3 is 0 Å². The van der Waals surface area contributed by atoms with Crippen LogP contribution in [0.3, 0.4) is 0 Å². The number of hydrogen-bond acceptors (Lipinski definition) is 2. The van der Waals surface area contributed by atoms with Crippen LogP contribution in [0, 0.1) is 6.92 Å². The minimum absolute atomic E-state index is 0.156. The van der Waals surface area contributed by atoms with Gasteiger partial charge in [-0.3, -0.25) is 4.79 Å². The lowest BCUT2D eigenvalue weighted by atomic mass is 9.88. The number of aromatic nitrogens is 1. The van der Waals surface area contributed by atoms with Crippen molar-refractivity contribution in [3.63, 3.8) is 0 Å². The molecule has 5 rings (SSSR count). The first kappa shape index (κ1) is 23.4. The van der Waals surface area contributed by atoms with E-state index in [4.69, 9.17) is 0 Å². The third-order valence-electron chi connectivity index (χ3n) is 7.23. The van der Waals surface area contributed by atoms with Crippen molar-refractivity contribution in [1.29, 1.82) is 0 Å². The highest BCUT2D eigenvalue weighted by molar-refractivity contribution is 6.02. The third kappa shape index (κ3) is 5.03. The van der Waals surface area contributed by atoms with Gasteiger partial charge in [0.1, 0.15) is 0 Å². The van der Waals surface area contributed by atoms with E-state index in [1.807, 2.05) is 36.4 Å². The van der Waals surface area contributed by atoms with Crippen LogP contribution in [0.15, 0.2) is 84.9 Å². The lowest BCUT2D eigenvalue weighted by molar-refractivity contribution is -0.119. The molecule has 1 saturated heterocycles. The number of H-pyrrole nitrogens is 1. The van der Waals surface area contributed by atoms with E-state index >= 15 is 0 Å². The van der Waals surface area contributed by atoms with Crippen molar-refractivity contribution in [2.45, 2.75) is 45.1 Å². The molecule has 0 aliphatic carbocycles. The van der Waals surface area contributed by atoms with E-state index in [1.54, 1.807) is 0 Å². The maximum Gasteiger partial charge on any atom is 0.239 e. The monoisotopic (exact) mass is 465 g/mol. The molecule has 4 heteroatoms. The van der Waals surface area contributed by atoms with Crippen molar-refractivity contribution in [3.8, 4) is 0 Å². The predicted octanol–water partition coefficient (Wildman–Crippen LogP) is 6.52. The Morgan fingerprint density at radius 1 is 0.943 bits per heavy atom. The van der Waals surface area contributed by atoms with Crippen LogP contribution in [-0.2, 0) is 4.79 Å². The van der Waals surface area contributed by atoms with Crippen LogP contribution < -0.4 is 4.90 Å². The third-order valence-corrected chi connectivity index (χ3v) is 7.23. The molecule has 180 valence electrons. The standard InChI is InChI=1S/C31H35N3O/c1-3-18-33-19-16-27(17-20-33)34(28-14-15-29-26(22-28)21-23(2)32-29)31(35)30(24-10-6-4-7-11-24)25-12-8-5-9-13-25/h4-15,21-22,27,30,32H,3,16-20H2,1-2H3. The van der Waals surface area contributed by atoms with Crippen LogP contribution in [0.4, 0.5) is 5.69 Å². The van der Waals surface area contributed by atoms with Gasteiger partial charge in [-0.25, -0.2) is 0 Å². The molecular weight excluding hydrogens is 430 g/mol. The minimum Gasteiger partial charge on any atom is -0.359 e. The fourth-order valence-electron chi connectivity index (χ4n) is 5.56. The number of piperidine rings is 1. The number of amides is 1. The highest BCUT2D eigenvalue weighted by Gasteiger charge is 2.34. The highest BCUT2D eigenvalue weighted by Crippen LogP contribution is 2.34. The second kappa shape index (κ2) is 10.5. The highest BCUT2D eigenvalue weighted by atomic mass is 16.2. The summed E-state index contributed by atoms with van der Waals surface area (Å²) >= 11 is 0. The molecule has 1 amide bonds. The predicted molar refractivity (Wildman–Crippen MR) is 145 cm³/mol. The van der Waals surface area contributed by atoms with E-state index in [9.17, 15) is 4.79 Å². The SMILES string of the molecule is CCCN1CCC(N(C(=O)C(c2ccccc2)c2ccccc2)c2ccc3[nH]c(C)cc3c2)CC1. The second-order valence-corrected chi connectivity index (χ2v) is 9.76. The molecule has 4 nitrogen and oxygen atoms in total. The Labute approximate surface area is 208 Å². The molecule has 0 radical (unpaired) electrons.